The van der Waals surface area contributed by atoms with E-state index in [1.165, 1.54) is 12.8 Å². The molecule has 0 saturated carbocycles. The summed E-state index contributed by atoms with van der Waals surface area (Å²) in [7, 11) is 0. The van der Waals surface area contributed by atoms with Crippen molar-refractivity contribution in [3.8, 4) is 0 Å². The number of likely N-dealkylation sites (N-methyl/N-ethyl adjacent to an activating group) is 1. The molecule has 1 heterocycles. The molecule has 0 aromatic rings. The predicted octanol–water partition coefficient (Wildman–Crippen LogP) is 1.86. The molecule has 0 spiro atoms. The predicted molar refractivity (Wildman–Crippen MR) is 68.5 cm³/mol. The molecule has 0 aromatic heterocycles. The molecule has 0 aromatic carbocycles. The lowest BCUT2D eigenvalue weighted by atomic mass is 9.86. The minimum Gasteiger partial charge on any atom is -0.377 e. The number of hydrogen-bond acceptors (Lipinski definition) is 3. The molecule has 1 aliphatic rings. The smallest absolute Gasteiger partial charge is 0.0703 e. The Morgan fingerprint density at radius 1 is 1.50 bits per heavy atom. The van der Waals surface area contributed by atoms with Gasteiger partial charge in [-0.05, 0) is 32.2 Å². The van der Waals surface area contributed by atoms with Gasteiger partial charge in [0.1, 0.15) is 0 Å². The van der Waals surface area contributed by atoms with E-state index in [1.54, 1.807) is 0 Å². The second-order valence-electron chi connectivity index (χ2n) is 5.39. The Hall–Kier alpha value is -0.120. The van der Waals surface area contributed by atoms with Crippen LogP contribution in [0.4, 0.5) is 0 Å². The molecular weight excluding hydrogens is 200 g/mol. The maximum Gasteiger partial charge on any atom is 0.0703 e. The van der Waals surface area contributed by atoms with Gasteiger partial charge >= 0.3 is 0 Å². The average Bonchev–Trinajstić information content (AvgIpc) is 2.77. The summed E-state index contributed by atoms with van der Waals surface area (Å²) < 4.78 is 5.72. The summed E-state index contributed by atoms with van der Waals surface area (Å²) in [6.07, 6.45) is 2.84. The highest BCUT2D eigenvalue weighted by atomic mass is 16.5. The average molecular weight is 228 g/mol. The standard InChI is InChI=1S/C13H28N2O/c1-5-15(9-12-7-6-8-16-12)13(4,10-14)11(2)3/h11-12H,5-10,14H2,1-4H3. The topological polar surface area (TPSA) is 38.5 Å². The van der Waals surface area contributed by atoms with Crippen molar-refractivity contribution in [3.05, 3.63) is 0 Å². The van der Waals surface area contributed by atoms with Gasteiger partial charge < -0.3 is 10.5 Å². The highest BCUT2D eigenvalue weighted by Crippen LogP contribution is 2.25. The monoisotopic (exact) mass is 228 g/mol. The summed E-state index contributed by atoms with van der Waals surface area (Å²) in [5.74, 6) is 0.568. The van der Waals surface area contributed by atoms with Crippen LogP contribution in [0.1, 0.15) is 40.5 Å². The quantitative estimate of drug-likeness (QED) is 0.754. The van der Waals surface area contributed by atoms with Gasteiger partial charge in [0.05, 0.1) is 6.10 Å². The van der Waals surface area contributed by atoms with Crippen LogP contribution in [0.2, 0.25) is 0 Å². The summed E-state index contributed by atoms with van der Waals surface area (Å²) in [6.45, 7) is 12.7. The number of rotatable bonds is 6. The largest absolute Gasteiger partial charge is 0.377 e. The van der Waals surface area contributed by atoms with E-state index in [0.717, 1.165) is 19.7 Å². The first-order valence-electron chi connectivity index (χ1n) is 6.61. The van der Waals surface area contributed by atoms with Crippen LogP contribution in [0.25, 0.3) is 0 Å². The van der Waals surface area contributed by atoms with Crippen LogP contribution in [-0.4, -0.2) is 42.8 Å². The van der Waals surface area contributed by atoms with Crippen molar-refractivity contribution in [1.29, 1.82) is 0 Å². The van der Waals surface area contributed by atoms with E-state index < -0.39 is 0 Å². The molecule has 1 rings (SSSR count). The first kappa shape index (κ1) is 13.9. The fraction of sp³-hybridized carbons (Fsp3) is 1.00. The van der Waals surface area contributed by atoms with Crippen molar-refractivity contribution < 1.29 is 4.74 Å². The van der Waals surface area contributed by atoms with Crippen molar-refractivity contribution in [2.45, 2.75) is 52.2 Å². The summed E-state index contributed by atoms with van der Waals surface area (Å²) in [5, 5.41) is 0. The lowest BCUT2D eigenvalue weighted by Crippen LogP contribution is -2.57. The van der Waals surface area contributed by atoms with Gasteiger partial charge in [0, 0.05) is 25.2 Å². The zero-order chi connectivity index (χ0) is 12.2. The van der Waals surface area contributed by atoms with Crippen molar-refractivity contribution in [2.75, 3.05) is 26.2 Å². The van der Waals surface area contributed by atoms with Crippen LogP contribution in [0.3, 0.4) is 0 Å². The van der Waals surface area contributed by atoms with Crippen LogP contribution >= 0.6 is 0 Å². The van der Waals surface area contributed by atoms with Gasteiger partial charge in [-0.15, -0.1) is 0 Å². The Balaban J connectivity index is 2.63. The van der Waals surface area contributed by atoms with Gasteiger partial charge in [-0.2, -0.15) is 0 Å². The van der Waals surface area contributed by atoms with Gasteiger partial charge in [0.25, 0.3) is 0 Å². The van der Waals surface area contributed by atoms with Crippen molar-refractivity contribution in [3.63, 3.8) is 0 Å². The summed E-state index contributed by atoms with van der Waals surface area (Å²) in [6, 6.07) is 0. The van der Waals surface area contributed by atoms with Crippen LogP contribution in [-0.2, 0) is 4.74 Å². The van der Waals surface area contributed by atoms with E-state index in [1.807, 2.05) is 0 Å². The molecule has 0 aliphatic carbocycles. The van der Waals surface area contributed by atoms with Crippen LogP contribution in [0.15, 0.2) is 0 Å². The lowest BCUT2D eigenvalue weighted by molar-refractivity contribution is 0.0117. The summed E-state index contributed by atoms with van der Waals surface area (Å²) >= 11 is 0. The molecule has 0 amide bonds. The minimum atomic E-state index is 0.0979. The molecule has 2 unspecified atom stereocenters. The Morgan fingerprint density at radius 3 is 2.56 bits per heavy atom. The van der Waals surface area contributed by atoms with E-state index in [0.29, 0.717) is 18.6 Å². The molecule has 2 N–H and O–H groups in total. The third kappa shape index (κ3) is 2.96. The summed E-state index contributed by atoms with van der Waals surface area (Å²) in [5.41, 5.74) is 6.07. The van der Waals surface area contributed by atoms with Crippen molar-refractivity contribution in [2.24, 2.45) is 11.7 Å². The number of ether oxygens (including phenoxy) is 1. The highest BCUT2D eigenvalue weighted by molar-refractivity contribution is 4.91. The van der Waals surface area contributed by atoms with Gasteiger partial charge in [0.2, 0.25) is 0 Å². The van der Waals surface area contributed by atoms with Gasteiger partial charge in [-0.25, -0.2) is 0 Å². The molecule has 0 radical (unpaired) electrons. The third-order valence-corrected chi connectivity index (χ3v) is 4.21. The Bertz CT molecular complexity index is 202. The Labute approximate surface area is 100 Å². The Morgan fingerprint density at radius 2 is 2.19 bits per heavy atom. The molecule has 3 nitrogen and oxygen atoms in total. The lowest BCUT2D eigenvalue weighted by Gasteiger charge is -2.44. The highest BCUT2D eigenvalue weighted by Gasteiger charge is 2.34. The normalized spacial score (nSPS) is 25.3. The van der Waals surface area contributed by atoms with Gasteiger partial charge in [-0.1, -0.05) is 20.8 Å². The first-order valence-corrected chi connectivity index (χ1v) is 6.61. The molecule has 96 valence electrons. The zero-order valence-electron chi connectivity index (χ0n) is 11.3. The third-order valence-electron chi connectivity index (χ3n) is 4.21. The van der Waals surface area contributed by atoms with E-state index in [4.69, 9.17) is 10.5 Å². The molecule has 0 bridgehead atoms. The molecule has 1 fully saturated rings. The fourth-order valence-corrected chi connectivity index (χ4v) is 2.46. The van der Waals surface area contributed by atoms with Crippen molar-refractivity contribution >= 4 is 0 Å². The van der Waals surface area contributed by atoms with E-state index >= 15 is 0 Å². The van der Waals surface area contributed by atoms with Crippen LogP contribution < -0.4 is 5.73 Å². The molecule has 3 heteroatoms. The SMILES string of the molecule is CCN(CC1CCCO1)C(C)(CN)C(C)C. The van der Waals surface area contributed by atoms with E-state index in [2.05, 4.69) is 32.6 Å². The maximum atomic E-state index is 5.98. The van der Waals surface area contributed by atoms with Gasteiger partial charge in [0.15, 0.2) is 0 Å². The van der Waals surface area contributed by atoms with Crippen LogP contribution in [0, 0.1) is 5.92 Å². The second-order valence-corrected chi connectivity index (χ2v) is 5.39. The molecule has 2 atom stereocenters. The van der Waals surface area contributed by atoms with Crippen molar-refractivity contribution in [1.82, 2.24) is 4.90 Å². The molecule has 1 aliphatic heterocycles. The fourth-order valence-electron chi connectivity index (χ4n) is 2.46. The van der Waals surface area contributed by atoms with E-state index in [9.17, 15) is 0 Å². The number of nitrogens with zero attached hydrogens (tertiary/aromatic N) is 1. The first-order chi connectivity index (χ1) is 7.54. The molecular formula is C13H28N2O. The molecule has 16 heavy (non-hydrogen) atoms. The molecule has 1 saturated heterocycles. The second kappa shape index (κ2) is 5.99. The Kier molecular flexibility index (Phi) is 5.22. The number of nitrogens with two attached hydrogens (primary N) is 1. The minimum absolute atomic E-state index is 0.0979. The summed E-state index contributed by atoms with van der Waals surface area (Å²) in [4.78, 5) is 2.49. The number of hydrogen-bond donors (Lipinski definition) is 1. The maximum absolute atomic E-state index is 5.98. The van der Waals surface area contributed by atoms with Crippen LogP contribution in [0.5, 0.6) is 0 Å². The zero-order valence-corrected chi connectivity index (χ0v) is 11.3. The van der Waals surface area contributed by atoms with Gasteiger partial charge in [-0.3, -0.25) is 4.90 Å². The van der Waals surface area contributed by atoms with E-state index in [-0.39, 0.29) is 5.54 Å².